The van der Waals surface area contributed by atoms with Crippen molar-refractivity contribution < 1.29 is 19.4 Å². The van der Waals surface area contributed by atoms with E-state index in [1.54, 1.807) is 7.11 Å². The minimum atomic E-state index is -0.799. The van der Waals surface area contributed by atoms with Crippen LogP contribution in [0.4, 0.5) is 0 Å². The first-order chi connectivity index (χ1) is 5.24. The molecule has 1 aliphatic heterocycles. The molecule has 1 rings (SSSR count). The van der Waals surface area contributed by atoms with Crippen LogP contribution in [0, 0.1) is 5.92 Å². The van der Waals surface area contributed by atoms with E-state index in [0.29, 0.717) is 19.6 Å². The Kier molecular flexibility index (Phi) is 2.84. The summed E-state index contributed by atoms with van der Waals surface area (Å²) < 4.78 is 10.0. The third-order valence-electron chi connectivity index (χ3n) is 1.85. The molecule has 0 saturated carbocycles. The average molecular weight is 160 g/mol. The number of carboxylic acids is 1. The zero-order valence-electron chi connectivity index (χ0n) is 6.45. The van der Waals surface area contributed by atoms with Crippen LogP contribution in [0.1, 0.15) is 6.42 Å². The lowest BCUT2D eigenvalue weighted by Gasteiger charge is -2.25. The predicted octanol–water partition coefficient (Wildman–Crippen LogP) is 0.122. The lowest BCUT2D eigenvalue weighted by molar-refractivity contribution is -0.150. The number of ether oxygens (including phenoxy) is 2. The lowest BCUT2D eigenvalue weighted by atomic mass is 10.0. The third kappa shape index (κ3) is 2.17. The molecule has 1 aliphatic rings. The van der Waals surface area contributed by atoms with E-state index in [-0.39, 0.29) is 6.10 Å². The largest absolute Gasteiger partial charge is 0.481 e. The summed E-state index contributed by atoms with van der Waals surface area (Å²) in [6, 6.07) is 0. The van der Waals surface area contributed by atoms with Gasteiger partial charge >= 0.3 is 5.97 Å². The highest BCUT2D eigenvalue weighted by Crippen LogP contribution is 2.15. The molecule has 2 unspecified atom stereocenters. The van der Waals surface area contributed by atoms with Gasteiger partial charge in [-0.2, -0.15) is 0 Å². The second-order valence-corrected chi connectivity index (χ2v) is 2.67. The van der Waals surface area contributed by atoms with E-state index in [2.05, 4.69) is 0 Å². The zero-order chi connectivity index (χ0) is 8.27. The number of methoxy groups -OCH3 is 1. The van der Waals surface area contributed by atoms with E-state index in [1.807, 2.05) is 0 Å². The number of carboxylic acid groups (broad SMARTS) is 1. The standard InChI is InChI=1S/C7H12O4/c1-10-6-2-5(7(8)9)3-11-4-6/h5-6H,2-4H2,1H3,(H,8,9). The summed E-state index contributed by atoms with van der Waals surface area (Å²) in [5.74, 6) is -1.19. The average Bonchev–Trinajstić information content (AvgIpc) is 2.05. The van der Waals surface area contributed by atoms with Crippen LogP contribution in [-0.4, -0.2) is 37.5 Å². The lowest BCUT2D eigenvalue weighted by Crippen LogP contribution is -2.34. The van der Waals surface area contributed by atoms with Crippen molar-refractivity contribution in [3.05, 3.63) is 0 Å². The molecule has 1 fully saturated rings. The highest BCUT2D eigenvalue weighted by molar-refractivity contribution is 5.70. The highest BCUT2D eigenvalue weighted by Gasteiger charge is 2.27. The monoisotopic (exact) mass is 160 g/mol. The first-order valence-corrected chi connectivity index (χ1v) is 3.57. The molecule has 4 nitrogen and oxygen atoms in total. The van der Waals surface area contributed by atoms with Crippen LogP contribution in [-0.2, 0) is 14.3 Å². The predicted molar refractivity (Wildman–Crippen MR) is 37.4 cm³/mol. The first-order valence-electron chi connectivity index (χ1n) is 3.57. The van der Waals surface area contributed by atoms with E-state index >= 15 is 0 Å². The minimum absolute atomic E-state index is 0.0511. The van der Waals surface area contributed by atoms with Crippen molar-refractivity contribution in [3.63, 3.8) is 0 Å². The Hall–Kier alpha value is -0.610. The number of hydrogen-bond donors (Lipinski definition) is 1. The van der Waals surface area contributed by atoms with Gasteiger partial charge in [0.1, 0.15) is 0 Å². The summed E-state index contributed by atoms with van der Waals surface area (Å²) in [4.78, 5) is 10.5. The second kappa shape index (κ2) is 3.69. The molecule has 0 aliphatic carbocycles. The quantitative estimate of drug-likeness (QED) is 0.623. The molecule has 1 heterocycles. The van der Waals surface area contributed by atoms with Crippen LogP contribution in [0.5, 0.6) is 0 Å². The fourth-order valence-electron chi connectivity index (χ4n) is 1.13. The van der Waals surface area contributed by atoms with Crippen molar-refractivity contribution in [2.24, 2.45) is 5.92 Å². The Morgan fingerprint density at radius 1 is 1.64 bits per heavy atom. The summed E-state index contributed by atoms with van der Waals surface area (Å²) in [7, 11) is 1.57. The van der Waals surface area contributed by atoms with E-state index in [1.165, 1.54) is 0 Å². The fourth-order valence-corrected chi connectivity index (χ4v) is 1.13. The van der Waals surface area contributed by atoms with Gasteiger partial charge in [-0.15, -0.1) is 0 Å². The van der Waals surface area contributed by atoms with Crippen LogP contribution in [0.3, 0.4) is 0 Å². The van der Waals surface area contributed by atoms with Gasteiger partial charge in [-0.05, 0) is 6.42 Å². The van der Waals surface area contributed by atoms with E-state index < -0.39 is 11.9 Å². The molecule has 0 aromatic carbocycles. The molecule has 1 N–H and O–H groups in total. The Bertz CT molecular complexity index is 145. The normalized spacial score (nSPS) is 31.7. The molecule has 4 heteroatoms. The Morgan fingerprint density at radius 2 is 2.36 bits per heavy atom. The fraction of sp³-hybridized carbons (Fsp3) is 0.857. The molecule has 0 amide bonds. The molecule has 0 spiro atoms. The number of hydrogen-bond acceptors (Lipinski definition) is 3. The van der Waals surface area contributed by atoms with Crippen LogP contribution >= 0.6 is 0 Å². The topological polar surface area (TPSA) is 55.8 Å². The van der Waals surface area contributed by atoms with Gasteiger partial charge in [-0.25, -0.2) is 0 Å². The SMILES string of the molecule is COC1COCC(C(=O)O)C1. The molecule has 2 atom stereocenters. The third-order valence-corrected chi connectivity index (χ3v) is 1.85. The van der Waals surface area contributed by atoms with Crippen LogP contribution < -0.4 is 0 Å². The highest BCUT2D eigenvalue weighted by atomic mass is 16.5. The zero-order valence-corrected chi connectivity index (χ0v) is 6.45. The Morgan fingerprint density at radius 3 is 2.91 bits per heavy atom. The van der Waals surface area contributed by atoms with E-state index in [0.717, 1.165) is 0 Å². The van der Waals surface area contributed by atoms with Gasteiger partial charge in [-0.1, -0.05) is 0 Å². The van der Waals surface area contributed by atoms with Crippen molar-refractivity contribution in [1.29, 1.82) is 0 Å². The van der Waals surface area contributed by atoms with Crippen molar-refractivity contribution >= 4 is 5.97 Å². The molecule has 64 valence electrons. The molecule has 1 saturated heterocycles. The van der Waals surface area contributed by atoms with E-state index in [9.17, 15) is 4.79 Å². The Balaban J connectivity index is 2.39. The van der Waals surface area contributed by atoms with Gasteiger partial charge in [-0.3, -0.25) is 4.79 Å². The number of rotatable bonds is 2. The number of aliphatic carboxylic acids is 1. The smallest absolute Gasteiger partial charge is 0.308 e. The number of carbonyl (C=O) groups is 1. The molecular weight excluding hydrogens is 148 g/mol. The van der Waals surface area contributed by atoms with E-state index in [4.69, 9.17) is 14.6 Å². The summed E-state index contributed by atoms with van der Waals surface area (Å²) >= 11 is 0. The summed E-state index contributed by atoms with van der Waals surface area (Å²) in [5.41, 5.74) is 0. The van der Waals surface area contributed by atoms with Gasteiger partial charge < -0.3 is 14.6 Å². The Labute approximate surface area is 65.1 Å². The van der Waals surface area contributed by atoms with Crippen molar-refractivity contribution in [2.75, 3.05) is 20.3 Å². The molecule has 0 radical (unpaired) electrons. The molecule has 0 bridgehead atoms. The maximum Gasteiger partial charge on any atom is 0.308 e. The van der Waals surface area contributed by atoms with Crippen molar-refractivity contribution in [2.45, 2.75) is 12.5 Å². The van der Waals surface area contributed by atoms with Crippen LogP contribution in [0.15, 0.2) is 0 Å². The van der Waals surface area contributed by atoms with Crippen LogP contribution in [0.25, 0.3) is 0 Å². The maximum atomic E-state index is 10.5. The molecule has 0 aromatic rings. The second-order valence-electron chi connectivity index (χ2n) is 2.67. The molecule has 11 heavy (non-hydrogen) atoms. The minimum Gasteiger partial charge on any atom is -0.481 e. The van der Waals surface area contributed by atoms with Crippen LogP contribution in [0.2, 0.25) is 0 Å². The maximum absolute atomic E-state index is 10.5. The van der Waals surface area contributed by atoms with Crippen molar-refractivity contribution in [3.8, 4) is 0 Å². The molecule has 0 aromatic heterocycles. The summed E-state index contributed by atoms with van der Waals surface area (Å²) in [6.07, 6.45) is 0.510. The van der Waals surface area contributed by atoms with Gasteiger partial charge in [0, 0.05) is 7.11 Å². The van der Waals surface area contributed by atoms with Crippen molar-refractivity contribution in [1.82, 2.24) is 0 Å². The van der Waals surface area contributed by atoms with Gasteiger partial charge in [0.05, 0.1) is 25.2 Å². The summed E-state index contributed by atoms with van der Waals surface area (Å²) in [5, 5.41) is 8.62. The van der Waals surface area contributed by atoms with Gasteiger partial charge in [0.2, 0.25) is 0 Å². The summed E-state index contributed by atoms with van der Waals surface area (Å²) in [6.45, 7) is 0.829. The molecular formula is C7H12O4. The van der Waals surface area contributed by atoms with Gasteiger partial charge in [0.25, 0.3) is 0 Å². The first kappa shape index (κ1) is 8.49. The van der Waals surface area contributed by atoms with Gasteiger partial charge in [0.15, 0.2) is 0 Å².